The van der Waals surface area contributed by atoms with Crippen LogP contribution in [0.25, 0.3) is 0 Å². The summed E-state index contributed by atoms with van der Waals surface area (Å²) in [5, 5.41) is 10.9. The van der Waals surface area contributed by atoms with Crippen LogP contribution in [0.5, 0.6) is 0 Å². The molecule has 0 aliphatic heterocycles. The summed E-state index contributed by atoms with van der Waals surface area (Å²) in [7, 11) is 1.95. The molecule has 0 saturated heterocycles. The lowest BCUT2D eigenvalue weighted by Crippen LogP contribution is -2.04. The number of aryl methyl sites for hydroxylation is 3. The highest BCUT2D eigenvalue weighted by Gasteiger charge is 2.04. The van der Waals surface area contributed by atoms with E-state index in [1.54, 1.807) is 11.3 Å². The lowest BCUT2D eigenvalue weighted by atomic mass is 10.3. The molecular weight excluding hydrogens is 220 g/mol. The van der Waals surface area contributed by atoms with E-state index < -0.39 is 0 Å². The van der Waals surface area contributed by atoms with Crippen molar-refractivity contribution in [3.63, 3.8) is 0 Å². The Labute approximate surface area is 99.3 Å². The van der Waals surface area contributed by atoms with Crippen LogP contribution in [0.3, 0.4) is 0 Å². The maximum atomic E-state index is 4.41. The molecule has 86 valence electrons. The molecule has 0 aromatic carbocycles. The molecule has 2 heterocycles. The average Bonchev–Trinajstić information content (AvgIpc) is 2.82. The van der Waals surface area contributed by atoms with Crippen LogP contribution < -0.4 is 5.32 Å². The third-order valence-electron chi connectivity index (χ3n) is 2.38. The maximum absolute atomic E-state index is 4.41. The van der Waals surface area contributed by atoms with Gasteiger partial charge in [-0.2, -0.15) is 5.10 Å². The molecule has 0 radical (unpaired) electrons. The zero-order chi connectivity index (χ0) is 11.5. The first-order valence-electron chi connectivity index (χ1n) is 5.37. The van der Waals surface area contributed by atoms with E-state index in [1.165, 1.54) is 0 Å². The van der Waals surface area contributed by atoms with Crippen LogP contribution in [0.4, 0.5) is 5.82 Å². The van der Waals surface area contributed by atoms with Crippen LogP contribution >= 0.6 is 11.3 Å². The van der Waals surface area contributed by atoms with Crippen LogP contribution in [0.15, 0.2) is 11.4 Å². The molecule has 16 heavy (non-hydrogen) atoms. The van der Waals surface area contributed by atoms with Gasteiger partial charge in [0.05, 0.1) is 12.2 Å². The van der Waals surface area contributed by atoms with Crippen LogP contribution in [0.1, 0.15) is 23.3 Å². The second-order valence-corrected chi connectivity index (χ2v) is 4.68. The van der Waals surface area contributed by atoms with Crippen molar-refractivity contribution in [2.24, 2.45) is 7.05 Å². The normalized spacial score (nSPS) is 10.7. The Morgan fingerprint density at radius 3 is 2.88 bits per heavy atom. The highest BCUT2D eigenvalue weighted by Crippen LogP contribution is 2.13. The molecule has 1 N–H and O–H groups in total. The molecule has 0 amide bonds. The quantitative estimate of drug-likeness (QED) is 0.886. The summed E-state index contributed by atoms with van der Waals surface area (Å²) in [5.74, 6) is 1.05. The van der Waals surface area contributed by atoms with Gasteiger partial charge in [-0.3, -0.25) is 4.68 Å². The summed E-state index contributed by atoms with van der Waals surface area (Å²) >= 11 is 1.68. The van der Waals surface area contributed by atoms with Crippen LogP contribution in [-0.4, -0.2) is 14.8 Å². The fourth-order valence-electron chi connectivity index (χ4n) is 1.51. The highest BCUT2D eigenvalue weighted by molar-refractivity contribution is 7.09. The minimum atomic E-state index is 0.765. The Morgan fingerprint density at radius 2 is 2.31 bits per heavy atom. The number of nitrogens with one attached hydrogen (secondary N) is 1. The number of aromatic nitrogens is 3. The molecule has 2 aromatic rings. The van der Waals surface area contributed by atoms with Crippen LogP contribution in [-0.2, 0) is 20.0 Å². The summed E-state index contributed by atoms with van der Waals surface area (Å²) < 4.78 is 1.87. The number of rotatable bonds is 4. The van der Waals surface area contributed by atoms with Gasteiger partial charge in [-0.15, -0.1) is 11.3 Å². The van der Waals surface area contributed by atoms with Gasteiger partial charge in [-0.05, 0) is 13.3 Å². The van der Waals surface area contributed by atoms with Crippen molar-refractivity contribution in [3.8, 4) is 0 Å². The van der Waals surface area contributed by atoms with E-state index >= 15 is 0 Å². The third-order valence-corrected chi connectivity index (χ3v) is 3.35. The number of thiazole rings is 1. The van der Waals surface area contributed by atoms with E-state index in [1.807, 2.05) is 18.7 Å². The molecule has 0 aliphatic carbocycles. The van der Waals surface area contributed by atoms with Crippen molar-refractivity contribution in [3.05, 3.63) is 27.8 Å². The minimum Gasteiger partial charge on any atom is -0.364 e. The van der Waals surface area contributed by atoms with Gasteiger partial charge in [0.15, 0.2) is 0 Å². The van der Waals surface area contributed by atoms with Crippen molar-refractivity contribution < 1.29 is 0 Å². The van der Waals surface area contributed by atoms with Gasteiger partial charge >= 0.3 is 0 Å². The van der Waals surface area contributed by atoms with Crippen molar-refractivity contribution in [2.45, 2.75) is 26.8 Å². The Morgan fingerprint density at radius 1 is 1.50 bits per heavy atom. The van der Waals surface area contributed by atoms with Crippen LogP contribution in [0.2, 0.25) is 0 Å². The minimum absolute atomic E-state index is 0.765. The predicted molar refractivity (Wildman–Crippen MR) is 66.8 cm³/mol. The first kappa shape index (κ1) is 11.1. The maximum Gasteiger partial charge on any atom is 0.124 e. The van der Waals surface area contributed by atoms with E-state index in [4.69, 9.17) is 0 Å². The zero-order valence-corrected chi connectivity index (χ0v) is 10.6. The number of anilines is 1. The summed E-state index contributed by atoms with van der Waals surface area (Å²) in [5.41, 5.74) is 2.20. The molecule has 0 fully saturated rings. The molecular formula is C11H16N4S. The molecule has 0 saturated carbocycles. The van der Waals surface area contributed by atoms with Crippen molar-refractivity contribution in [2.75, 3.05) is 5.32 Å². The van der Waals surface area contributed by atoms with E-state index in [-0.39, 0.29) is 0 Å². The van der Waals surface area contributed by atoms with E-state index in [0.717, 1.165) is 35.2 Å². The second-order valence-electron chi connectivity index (χ2n) is 3.73. The largest absolute Gasteiger partial charge is 0.364 e. The van der Waals surface area contributed by atoms with Gasteiger partial charge in [-0.25, -0.2) is 4.98 Å². The lowest BCUT2D eigenvalue weighted by molar-refractivity contribution is 0.747. The molecule has 0 spiro atoms. The molecule has 2 aromatic heterocycles. The number of hydrogen-bond donors (Lipinski definition) is 1. The van der Waals surface area contributed by atoms with E-state index in [9.17, 15) is 0 Å². The van der Waals surface area contributed by atoms with Crippen molar-refractivity contribution in [1.29, 1.82) is 0 Å². The Kier molecular flexibility index (Phi) is 3.24. The monoisotopic (exact) mass is 236 g/mol. The molecule has 0 bridgehead atoms. The topological polar surface area (TPSA) is 42.7 Å². The SMILES string of the molecule is CCc1cc(NCc2nc(C)cs2)n(C)n1. The first-order chi connectivity index (χ1) is 7.69. The standard InChI is InChI=1S/C11H16N4S/c1-4-9-5-10(15(3)14-9)12-6-11-13-8(2)7-16-11/h5,7,12H,4,6H2,1-3H3. The van der Waals surface area contributed by atoms with Gasteiger partial charge in [-0.1, -0.05) is 6.92 Å². The predicted octanol–water partition coefficient (Wildman–Crippen LogP) is 2.36. The van der Waals surface area contributed by atoms with E-state index in [2.05, 4.69) is 33.8 Å². The van der Waals surface area contributed by atoms with Crippen LogP contribution in [0, 0.1) is 6.92 Å². The Bertz CT molecular complexity index is 472. The fraction of sp³-hybridized carbons (Fsp3) is 0.455. The summed E-state index contributed by atoms with van der Waals surface area (Å²) in [6, 6.07) is 2.08. The molecule has 2 rings (SSSR count). The van der Waals surface area contributed by atoms with Gasteiger partial charge in [0.25, 0.3) is 0 Å². The highest BCUT2D eigenvalue weighted by atomic mass is 32.1. The van der Waals surface area contributed by atoms with Gasteiger partial charge in [0.2, 0.25) is 0 Å². The smallest absolute Gasteiger partial charge is 0.124 e. The summed E-state index contributed by atoms with van der Waals surface area (Å²) in [6.45, 7) is 4.89. The molecule has 0 atom stereocenters. The molecule has 5 heteroatoms. The zero-order valence-electron chi connectivity index (χ0n) is 9.82. The fourth-order valence-corrected chi connectivity index (χ4v) is 2.23. The Balaban J connectivity index is 2.01. The molecule has 0 aliphatic rings. The number of hydrogen-bond acceptors (Lipinski definition) is 4. The summed E-state index contributed by atoms with van der Waals surface area (Å²) in [4.78, 5) is 4.41. The average molecular weight is 236 g/mol. The summed E-state index contributed by atoms with van der Waals surface area (Å²) in [6.07, 6.45) is 0.964. The second kappa shape index (κ2) is 4.65. The van der Waals surface area contributed by atoms with E-state index in [0.29, 0.717) is 0 Å². The van der Waals surface area contributed by atoms with Crippen molar-refractivity contribution in [1.82, 2.24) is 14.8 Å². The third kappa shape index (κ3) is 2.41. The van der Waals surface area contributed by atoms with Gasteiger partial charge < -0.3 is 5.32 Å². The Hall–Kier alpha value is -1.36. The first-order valence-corrected chi connectivity index (χ1v) is 6.24. The van der Waals surface area contributed by atoms with Gasteiger partial charge in [0, 0.05) is 24.2 Å². The number of nitrogens with zero attached hydrogens (tertiary/aromatic N) is 3. The molecule has 0 unspecified atom stereocenters. The van der Waals surface area contributed by atoms with Gasteiger partial charge in [0.1, 0.15) is 10.8 Å². The lowest BCUT2D eigenvalue weighted by Gasteiger charge is -2.03. The molecule has 4 nitrogen and oxygen atoms in total. The van der Waals surface area contributed by atoms with Crippen molar-refractivity contribution >= 4 is 17.2 Å².